The molecule has 2 aromatic rings. The molecule has 0 saturated carbocycles. The SMILES string of the molecule is CSC1=[NH+]C(C)(c2ccc(F)cc2)C(=O)N1Nc1ccccc1. The maximum absolute atomic E-state index is 13.2. The molecule has 118 valence electrons. The topological polar surface area (TPSA) is 46.3 Å². The number of hydrazine groups is 1. The standard InChI is InChI=1S/C17H16FN3OS/c1-17(12-8-10-13(18)11-9-12)15(22)21(16(19-17)23-2)20-14-6-4-3-5-7-14/h3-11,20H,1-2H3/p+1. The fourth-order valence-corrected chi connectivity index (χ4v) is 3.12. The van der Waals surface area contributed by atoms with Crippen LogP contribution in [0.15, 0.2) is 54.6 Å². The molecule has 0 spiro atoms. The molecule has 6 heteroatoms. The van der Waals surface area contributed by atoms with Gasteiger partial charge < -0.3 is 0 Å². The van der Waals surface area contributed by atoms with Crippen LogP contribution >= 0.6 is 11.8 Å². The van der Waals surface area contributed by atoms with Crippen LogP contribution in [-0.2, 0) is 10.3 Å². The summed E-state index contributed by atoms with van der Waals surface area (Å²) in [5, 5.41) is 2.20. The van der Waals surface area contributed by atoms with Crippen molar-refractivity contribution in [3.63, 3.8) is 0 Å². The van der Waals surface area contributed by atoms with Gasteiger partial charge in [-0.15, -0.1) is 0 Å². The summed E-state index contributed by atoms with van der Waals surface area (Å²) >= 11 is 1.44. The van der Waals surface area contributed by atoms with E-state index < -0.39 is 5.54 Å². The summed E-state index contributed by atoms with van der Waals surface area (Å²) in [5.74, 6) is -0.464. The average molecular weight is 330 g/mol. The Balaban J connectivity index is 1.94. The molecule has 0 saturated heterocycles. The fraction of sp³-hybridized carbons (Fsp3) is 0.176. The Morgan fingerprint density at radius 3 is 2.39 bits per heavy atom. The number of nitrogens with one attached hydrogen (secondary N) is 2. The molecule has 0 bridgehead atoms. The molecular formula is C17H17FN3OS+. The molecule has 0 aliphatic carbocycles. The number of thioether (sulfide) groups is 1. The first-order chi connectivity index (χ1) is 11.0. The maximum Gasteiger partial charge on any atom is 0.385 e. The van der Waals surface area contributed by atoms with Crippen molar-refractivity contribution in [2.75, 3.05) is 11.7 Å². The van der Waals surface area contributed by atoms with Crippen molar-refractivity contribution in [3.05, 3.63) is 66.0 Å². The van der Waals surface area contributed by atoms with E-state index in [0.29, 0.717) is 10.7 Å². The van der Waals surface area contributed by atoms with Crippen molar-refractivity contribution >= 4 is 28.5 Å². The molecule has 1 amide bonds. The van der Waals surface area contributed by atoms with E-state index in [1.807, 2.05) is 36.6 Å². The lowest BCUT2D eigenvalue weighted by Gasteiger charge is -2.17. The van der Waals surface area contributed by atoms with Gasteiger partial charge >= 0.3 is 11.1 Å². The molecule has 1 unspecified atom stereocenters. The van der Waals surface area contributed by atoms with Gasteiger partial charge in [0.2, 0.25) is 5.54 Å². The number of para-hydroxylation sites is 1. The first-order valence-electron chi connectivity index (χ1n) is 7.16. The molecule has 0 aromatic heterocycles. The largest absolute Gasteiger partial charge is 0.385 e. The number of amides is 1. The van der Waals surface area contributed by atoms with Gasteiger partial charge in [0, 0.05) is 5.56 Å². The van der Waals surface area contributed by atoms with Gasteiger partial charge in [0.15, 0.2) is 0 Å². The zero-order valence-corrected chi connectivity index (χ0v) is 13.7. The van der Waals surface area contributed by atoms with Crippen molar-refractivity contribution in [2.45, 2.75) is 12.5 Å². The van der Waals surface area contributed by atoms with E-state index in [2.05, 4.69) is 10.4 Å². The minimum Gasteiger partial charge on any atom is -0.246 e. The number of carbonyl (C=O) groups is 1. The number of hydrogen-bond acceptors (Lipinski definition) is 3. The minimum atomic E-state index is -0.937. The Morgan fingerprint density at radius 1 is 1.13 bits per heavy atom. The number of benzene rings is 2. The van der Waals surface area contributed by atoms with Crippen LogP contribution in [0, 0.1) is 5.82 Å². The number of nitrogens with zero attached hydrogens (tertiary/aromatic N) is 1. The minimum absolute atomic E-state index is 0.141. The van der Waals surface area contributed by atoms with Gasteiger partial charge in [0.05, 0.1) is 5.69 Å². The molecule has 2 N–H and O–H groups in total. The second kappa shape index (κ2) is 6.04. The molecular weight excluding hydrogens is 313 g/mol. The van der Waals surface area contributed by atoms with E-state index in [4.69, 9.17) is 0 Å². The van der Waals surface area contributed by atoms with Crippen LogP contribution in [0.2, 0.25) is 0 Å². The summed E-state index contributed by atoms with van der Waals surface area (Å²) < 4.78 is 13.2. The summed E-state index contributed by atoms with van der Waals surface area (Å²) in [4.78, 5) is 16.2. The third-order valence-electron chi connectivity index (χ3n) is 3.82. The highest BCUT2D eigenvalue weighted by Gasteiger charge is 2.53. The molecule has 1 aliphatic heterocycles. The molecule has 1 aliphatic rings. The lowest BCUT2D eigenvalue weighted by molar-refractivity contribution is -0.530. The first-order valence-corrected chi connectivity index (χ1v) is 8.38. The zero-order chi connectivity index (χ0) is 16.4. The molecule has 4 nitrogen and oxygen atoms in total. The third-order valence-corrected chi connectivity index (χ3v) is 4.49. The third kappa shape index (κ3) is 2.82. The Kier molecular flexibility index (Phi) is 4.09. The molecule has 1 atom stereocenters. The van der Waals surface area contributed by atoms with Crippen LogP contribution in [0.4, 0.5) is 10.1 Å². The van der Waals surface area contributed by atoms with Gasteiger partial charge in [-0.1, -0.05) is 35.3 Å². The van der Waals surface area contributed by atoms with Crippen LogP contribution in [0.1, 0.15) is 12.5 Å². The predicted molar refractivity (Wildman–Crippen MR) is 90.1 cm³/mol. The van der Waals surface area contributed by atoms with E-state index in [1.54, 1.807) is 19.1 Å². The highest BCUT2D eigenvalue weighted by atomic mass is 32.2. The van der Waals surface area contributed by atoms with Crippen molar-refractivity contribution in [2.24, 2.45) is 0 Å². The van der Waals surface area contributed by atoms with E-state index >= 15 is 0 Å². The number of anilines is 1. The quantitative estimate of drug-likeness (QED) is 0.901. The molecule has 1 heterocycles. The fourth-order valence-electron chi connectivity index (χ4n) is 2.50. The number of amidine groups is 1. The van der Waals surface area contributed by atoms with Gasteiger partial charge in [0.25, 0.3) is 0 Å². The number of carbonyl (C=O) groups excluding carboxylic acids is 1. The van der Waals surface area contributed by atoms with Crippen molar-refractivity contribution in [1.82, 2.24) is 5.01 Å². The Bertz CT molecular complexity index is 748. The molecule has 3 rings (SSSR count). The Hall–Kier alpha value is -2.34. The highest BCUT2D eigenvalue weighted by molar-refractivity contribution is 8.13. The van der Waals surface area contributed by atoms with Crippen molar-refractivity contribution in [3.8, 4) is 0 Å². The monoisotopic (exact) mass is 330 g/mol. The van der Waals surface area contributed by atoms with Gasteiger partial charge in [-0.05, 0) is 49.2 Å². The van der Waals surface area contributed by atoms with Crippen LogP contribution in [0.3, 0.4) is 0 Å². The van der Waals surface area contributed by atoms with Crippen molar-refractivity contribution in [1.29, 1.82) is 0 Å². The van der Waals surface area contributed by atoms with E-state index in [9.17, 15) is 9.18 Å². The summed E-state index contributed by atoms with van der Waals surface area (Å²) in [6.45, 7) is 1.80. The maximum atomic E-state index is 13.2. The first kappa shape index (κ1) is 15.6. The number of rotatable bonds is 3. The zero-order valence-electron chi connectivity index (χ0n) is 12.8. The summed E-state index contributed by atoms with van der Waals surface area (Å²) in [7, 11) is 0. The molecule has 23 heavy (non-hydrogen) atoms. The average Bonchev–Trinajstić information content (AvgIpc) is 2.82. The van der Waals surface area contributed by atoms with Gasteiger partial charge in [0.1, 0.15) is 5.82 Å². The van der Waals surface area contributed by atoms with Gasteiger partial charge in [-0.25, -0.2) is 19.6 Å². The number of halogens is 1. The predicted octanol–water partition coefficient (Wildman–Crippen LogP) is 1.71. The summed E-state index contributed by atoms with van der Waals surface area (Å²) in [5.41, 5.74) is 3.71. The Labute approximate surface area is 138 Å². The van der Waals surface area contributed by atoms with Crippen LogP contribution in [-0.4, -0.2) is 22.3 Å². The lowest BCUT2D eigenvalue weighted by Crippen LogP contribution is -2.82. The second-order valence-electron chi connectivity index (χ2n) is 5.38. The van der Waals surface area contributed by atoms with Crippen LogP contribution in [0.5, 0.6) is 0 Å². The number of hydrogen-bond donors (Lipinski definition) is 2. The summed E-state index contributed by atoms with van der Waals surface area (Å²) in [6, 6.07) is 15.5. The highest BCUT2D eigenvalue weighted by Crippen LogP contribution is 2.24. The van der Waals surface area contributed by atoms with E-state index in [-0.39, 0.29) is 11.7 Å². The van der Waals surface area contributed by atoms with Crippen LogP contribution in [0.25, 0.3) is 0 Å². The summed E-state index contributed by atoms with van der Waals surface area (Å²) in [6.07, 6.45) is 1.89. The normalized spacial score (nSPS) is 20.6. The van der Waals surface area contributed by atoms with Gasteiger partial charge in [-0.2, -0.15) is 0 Å². The van der Waals surface area contributed by atoms with Crippen LogP contribution < -0.4 is 10.4 Å². The van der Waals surface area contributed by atoms with Gasteiger partial charge in [-0.3, -0.25) is 0 Å². The lowest BCUT2D eigenvalue weighted by atomic mass is 9.92. The van der Waals surface area contributed by atoms with E-state index in [0.717, 1.165) is 5.69 Å². The molecule has 0 radical (unpaired) electrons. The Morgan fingerprint density at radius 2 is 1.78 bits per heavy atom. The smallest absolute Gasteiger partial charge is 0.246 e. The molecule has 0 fully saturated rings. The van der Waals surface area contributed by atoms with Crippen molar-refractivity contribution < 1.29 is 14.2 Å². The van der Waals surface area contributed by atoms with E-state index in [1.165, 1.54) is 28.9 Å². The second-order valence-corrected chi connectivity index (χ2v) is 6.18. The molecule has 2 aromatic carbocycles.